The number of hydrogen-bond acceptors (Lipinski definition) is 4. The van der Waals surface area contributed by atoms with Gasteiger partial charge in [0.05, 0.1) is 6.54 Å². The van der Waals surface area contributed by atoms with Crippen LogP contribution in [0.5, 0.6) is 0 Å². The molecule has 1 aliphatic rings. The Balaban J connectivity index is 2.03. The summed E-state index contributed by atoms with van der Waals surface area (Å²) < 4.78 is 25.5. The zero-order valence-electron chi connectivity index (χ0n) is 10.4. The zero-order valence-corrected chi connectivity index (χ0v) is 11.2. The molecule has 1 N–H and O–H groups in total. The Morgan fingerprint density at radius 1 is 1.21 bits per heavy atom. The van der Waals surface area contributed by atoms with Crippen LogP contribution in [0.2, 0.25) is 0 Å². The minimum absolute atomic E-state index is 0.230. The molecule has 0 aromatic heterocycles. The molecule has 0 saturated carbocycles. The van der Waals surface area contributed by atoms with E-state index in [0.717, 1.165) is 5.56 Å². The van der Waals surface area contributed by atoms with Crippen molar-refractivity contribution in [3.63, 3.8) is 0 Å². The molecule has 19 heavy (non-hydrogen) atoms. The van der Waals surface area contributed by atoms with Gasteiger partial charge in [0.1, 0.15) is 5.88 Å². The number of carboxylic acid groups (broad SMARTS) is 1. The molecule has 0 atom stereocenters. The maximum absolute atomic E-state index is 12.1. The monoisotopic (exact) mass is 284 g/mol. The molecule has 1 fully saturated rings. The molecular weight excluding hydrogens is 268 g/mol. The molecule has 2 rings (SSSR count). The molecule has 7 heteroatoms. The second-order valence-electron chi connectivity index (χ2n) is 4.51. The van der Waals surface area contributed by atoms with E-state index in [1.54, 1.807) is 0 Å². The van der Waals surface area contributed by atoms with E-state index in [1.807, 2.05) is 30.3 Å². The zero-order chi connectivity index (χ0) is 13.9. The van der Waals surface area contributed by atoms with Gasteiger partial charge in [0.25, 0.3) is 0 Å². The van der Waals surface area contributed by atoms with Crippen molar-refractivity contribution in [2.24, 2.45) is 0 Å². The van der Waals surface area contributed by atoms with Gasteiger partial charge in [-0.1, -0.05) is 30.3 Å². The van der Waals surface area contributed by atoms with E-state index in [4.69, 9.17) is 5.11 Å². The fraction of sp³-hybridized carbons (Fsp3) is 0.417. The average Bonchev–Trinajstić information content (AvgIpc) is 2.33. The van der Waals surface area contributed by atoms with Crippen LogP contribution < -0.4 is 0 Å². The topological polar surface area (TPSA) is 77.9 Å². The van der Waals surface area contributed by atoms with Crippen LogP contribution in [0, 0.1) is 0 Å². The molecule has 1 aromatic carbocycles. The van der Waals surface area contributed by atoms with Gasteiger partial charge >= 0.3 is 5.97 Å². The lowest BCUT2D eigenvalue weighted by atomic mass is 10.2. The molecule has 0 amide bonds. The third-order valence-corrected chi connectivity index (χ3v) is 4.76. The normalized spacial score (nSPS) is 20.2. The molecule has 0 unspecified atom stereocenters. The van der Waals surface area contributed by atoms with Gasteiger partial charge in [0, 0.05) is 19.6 Å². The van der Waals surface area contributed by atoms with E-state index in [-0.39, 0.29) is 12.4 Å². The summed E-state index contributed by atoms with van der Waals surface area (Å²) in [5, 5.41) is 8.69. The molecule has 1 saturated heterocycles. The predicted molar refractivity (Wildman–Crippen MR) is 69.8 cm³/mol. The molecule has 0 bridgehead atoms. The molecule has 0 radical (unpaired) electrons. The Hall–Kier alpha value is -1.44. The van der Waals surface area contributed by atoms with Crippen molar-refractivity contribution < 1.29 is 18.3 Å². The first-order valence-corrected chi connectivity index (χ1v) is 7.54. The molecular formula is C12H16N2O4S. The minimum Gasteiger partial charge on any atom is -0.480 e. The van der Waals surface area contributed by atoms with Crippen molar-refractivity contribution in [3.05, 3.63) is 35.9 Å². The van der Waals surface area contributed by atoms with Gasteiger partial charge in [-0.15, -0.1) is 0 Å². The van der Waals surface area contributed by atoms with Gasteiger partial charge in [-0.2, -0.15) is 4.31 Å². The van der Waals surface area contributed by atoms with Crippen molar-refractivity contribution in [2.45, 2.75) is 6.54 Å². The molecule has 1 aromatic rings. The second kappa shape index (κ2) is 5.68. The highest BCUT2D eigenvalue weighted by Gasteiger charge is 2.31. The van der Waals surface area contributed by atoms with Crippen molar-refractivity contribution in [3.8, 4) is 0 Å². The number of carbonyl (C=O) groups is 1. The quantitative estimate of drug-likeness (QED) is 0.853. The van der Waals surface area contributed by atoms with Crippen molar-refractivity contribution in [1.82, 2.24) is 9.21 Å². The maximum Gasteiger partial charge on any atom is 0.317 e. The molecule has 0 aliphatic carbocycles. The molecule has 6 nitrogen and oxygen atoms in total. The predicted octanol–water partition coefficient (Wildman–Crippen LogP) is 0.176. The summed E-state index contributed by atoms with van der Waals surface area (Å²) in [5.74, 6) is -1.24. The SMILES string of the molecule is O=C(O)CN1CCN(Cc2ccccc2)S(=O)(=O)C1. The molecule has 104 valence electrons. The lowest BCUT2D eigenvalue weighted by Crippen LogP contribution is -2.50. The highest BCUT2D eigenvalue weighted by atomic mass is 32.2. The maximum atomic E-state index is 12.1. The van der Waals surface area contributed by atoms with E-state index in [1.165, 1.54) is 9.21 Å². The Kier molecular flexibility index (Phi) is 4.18. The first kappa shape index (κ1) is 14.0. The number of carboxylic acids is 1. The Bertz CT molecular complexity index is 544. The fourth-order valence-corrected chi connectivity index (χ4v) is 3.60. The summed E-state index contributed by atoms with van der Waals surface area (Å²) in [7, 11) is -3.42. The molecule has 1 heterocycles. The molecule has 0 spiro atoms. The van der Waals surface area contributed by atoms with E-state index >= 15 is 0 Å². The summed E-state index contributed by atoms with van der Waals surface area (Å²) in [4.78, 5) is 12.0. The fourth-order valence-electron chi connectivity index (χ4n) is 2.05. The van der Waals surface area contributed by atoms with Crippen LogP contribution in [-0.2, 0) is 21.4 Å². The van der Waals surface area contributed by atoms with Crippen LogP contribution >= 0.6 is 0 Å². The van der Waals surface area contributed by atoms with Crippen LogP contribution in [0.25, 0.3) is 0 Å². The van der Waals surface area contributed by atoms with E-state index in [0.29, 0.717) is 19.6 Å². The van der Waals surface area contributed by atoms with Crippen LogP contribution in [-0.4, -0.2) is 54.2 Å². The Morgan fingerprint density at radius 3 is 2.47 bits per heavy atom. The highest BCUT2D eigenvalue weighted by Crippen LogP contribution is 2.15. The highest BCUT2D eigenvalue weighted by molar-refractivity contribution is 7.89. The molecule has 1 aliphatic heterocycles. The van der Waals surface area contributed by atoms with Crippen molar-refractivity contribution in [2.75, 3.05) is 25.5 Å². The Morgan fingerprint density at radius 2 is 1.89 bits per heavy atom. The van der Waals surface area contributed by atoms with Crippen molar-refractivity contribution >= 4 is 16.0 Å². The van der Waals surface area contributed by atoms with Crippen LogP contribution in [0.15, 0.2) is 30.3 Å². The lowest BCUT2D eigenvalue weighted by Gasteiger charge is -2.33. The number of benzene rings is 1. The number of rotatable bonds is 4. The van der Waals surface area contributed by atoms with E-state index < -0.39 is 16.0 Å². The number of hydrogen-bond donors (Lipinski definition) is 1. The summed E-state index contributed by atoms with van der Waals surface area (Å²) in [5.41, 5.74) is 0.928. The Labute approximate surface area is 112 Å². The summed E-state index contributed by atoms with van der Waals surface area (Å²) >= 11 is 0. The summed E-state index contributed by atoms with van der Waals surface area (Å²) in [6, 6.07) is 9.35. The lowest BCUT2D eigenvalue weighted by molar-refractivity contribution is -0.138. The summed E-state index contributed by atoms with van der Waals surface area (Å²) in [6.07, 6.45) is 0. The standard InChI is InChI=1S/C12H16N2O4S/c15-12(16)9-13-6-7-14(19(17,18)10-13)8-11-4-2-1-3-5-11/h1-5H,6-10H2,(H,15,16). The first-order chi connectivity index (χ1) is 8.97. The number of nitrogens with zero attached hydrogens (tertiary/aromatic N) is 2. The van der Waals surface area contributed by atoms with Gasteiger partial charge < -0.3 is 5.11 Å². The van der Waals surface area contributed by atoms with Gasteiger partial charge in [-0.3, -0.25) is 9.69 Å². The van der Waals surface area contributed by atoms with Crippen LogP contribution in [0.1, 0.15) is 5.56 Å². The van der Waals surface area contributed by atoms with Gasteiger partial charge in [0.15, 0.2) is 0 Å². The van der Waals surface area contributed by atoms with Crippen molar-refractivity contribution in [1.29, 1.82) is 0 Å². The minimum atomic E-state index is -3.42. The van der Waals surface area contributed by atoms with Gasteiger partial charge in [0.2, 0.25) is 10.0 Å². The largest absolute Gasteiger partial charge is 0.480 e. The van der Waals surface area contributed by atoms with E-state index in [9.17, 15) is 13.2 Å². The second-order valence-corrected chi connectivity index (χ2v) is 6.44. The van der Waals surface area contributed by atoms with Gasteiger partial charge in [-0.25, -0.2) is 8.42 Å². The first-order valence-electron chi connectivity index (χ1n) is 5.93. The average molecular weight is 284 g/mol. The van der Waals surface area contributed by atoms with Crippen LogP contribution in [0.4, 0.5) is 0 Å². The van der Waals surface area contributed by atoms with Gasteiger partial charge in [-0.05, 0) is 5.56 Å². The number of sulfonamides is 1. The third kappa shape index (κ3) is 3.76. The van der Waals surface area contributed by atoms with Crippen LogP contribution in [0.3, 0.4) is 0 Å². The smallest absolute Gasteiger partial charge is 0.317 e. The third-order valence-electron chi connectivity index (χ3n) is 2.97. The van der Waals surface area contributed by atoms with E-state index in [2.05, 4.69) is 0 Å². The summed E-state index contributed by atoms with van der Waals surface area (Å²) in [6.45, 7) is 0.866. The number of aliphatic carboxylic acids is 1.